The number of hydrogen-bond donors (Lipinski definition) is 2. The molecule has 0 radical (unpaired) electrons. The maximum Gasteiger partial charge on any atom is 0.325 e. The summed E-state index contributed by atoms with van der Waals surface area (Å²) in [5.41, 5.74) is 0.188. The van der Waals surface area contributed by atoms with Gasteiger partial charge in [-0.1, -0.05) is 49.4 Å². The predicted octanol–water partition coefficient (Wildman–Crippen LogP) is 2.69. The van der Waals surface area contributed by atoms with E-state index in [4.69, 9.17) is 0 Å². The van der Waals surface area contributed by atoms with E-state index in [9.17, 15) is 19.2 Å². The summed E-state index contributed by atoms with van der Waals surface area (Å²) in [7, 11) is 0. The first-order valence-electron chi connectivity index (χ1n) is 8.98. The topological polar surface area (TPSA) is 95.6 Å². The van der Waals surface area contributed by atoms with Gasteiger partial charge in [0.15, 0.2) is 5.78 Å². The van der Waals surface area contributed by atoms with Gasteiger partial charge in [0.2, 0.25) is 5.91 Å². The molecule has 0 aromatic heterocycles. The number of nitrogens with one attached hydrogen (secondary N) is 2. The summed E-state index contributed by atoms with van der Waals surface area (Å²) in [6.07, 6.45) is 0.354. The predicted molar refractivity (Wildman–Crippen MR) is 104 cm³/mol. The summed E-state index contributed by atoms with van der Waals surface area (Å²) in [5.74, 6) is -1.22. The molecule has 0 aliphatic carbocycles. The van der Waals surface area contributed by atoms with E-state index in [-0.39, 0.29) is 5.78 Å². The Morgan fingerprint density at radius 1 is 1.04 bits per heavy atom. The summed E-state index contributed by atoms with van der Waals surface area (Å²) in [6.45, 7) is 2.77. The quantitative estimate of drug-likeness (QED) is 0.596. The van der Waals surface area contributed by atoms with Gasteiger partial charge in [0.25, 0.3) is 5.91 Å². The Labute approximate surface area is 162 Å². The fraction of sp³-hybridized carbons (Fsp3) is 0.238. The second-order valence-electron chi connectivity index (χ2n) is 6.60. The van der Waals surface area contributed by atoms with Crippen LogP contribution in [0.25, 0.3) is 0 Å². The number of benzene rings is 2. The van der Waals surface area contributed by atoms with Gasteiger partial charge in [0, 0.05) is 5.56 Å². The third-order valence-electron chi connectivity index (χ3n) is 4.85. The Morgan fingerprint density at radius 3 is 2.32 bits per heavy atom. The SMILES string of the molecule is CC[C@@]1(c2ccccc2)NC(=O)N(CC(=O)Nc2ccccc2C(C)=O)C1=O. The first kappa shape index (κ1) is 19.3. The maximum absolute atomic E-state index is 13.0. The number of para-hydroxylation sites is 1. The summed E-state index contributed by atoms with van der Waals surface area (Å²) in [6, 6.07) is 14.9. The monoisotopic (exact) mass is 379 g/mol. The minimum Gasteiger partial charge on any atom is -0.324 e. The van der Waals surface area contributed by atoms with Crippen LogP contribution in [0.5, 0.6) is 0 Å². The number of Topliss-reactive ketones (excluding diaryl/α,β-unsaturated/α-hetero) is 1. The highest BCUT2D eigenvalue weighted by molar-refractivity contribution is 6.11. The number of ketones is 1. The normalized spacial score (nSPS) is 18.7. The molecule has 2 aromatic rings. The molecular weight excluding hydrogens is 358 g/mol. The zero-order chi connectivity index (χ0) is 20.3. The van der Waals surface area contributed by atoms with Crippen molar-refractivity contribution in [2.24, 2.45) is 0 Å². The van der Waals surface area contributed by atoms with Crippen LogP contribution >= 0.6 is 0 Å². The largest absolute Gasteiger partial charge is 0.325 e. The Hall–Kier alpha value is -3.48. The van der Waals surface area contributed by atoms with Crippen molar-refractivity contribution in [2.45, 2.75) is 25.8 Å². The number of carbonyl (C=O) groups is 4. The standard InChI is InChI=1S/C21H21N3O4/c1-3-21(15-9-5-4-6-10-15)19(27)24(20(28)23-21)13-18(26)22-17-12-8-7-11-16(17)14(2)25/h4-12H,3,13H2,1-2H3,(H,22,26)(H,23,28)/t21-/m0/s1. The van der Waals surface area contributed by atoms with Crippen LogP contribution in [-0.4, -0.2) is 35.1 Å². The van der Waals surface area contributed by atoms with E-state index in [1.54, 1.807) is 55.5 Å². The Balaban J connectivity index is 1.80. The van der Waals surface area contributed by atoms with E-state index >= 15 is 0 Å². The van der Waals surface area contributed by atoms with Crippen molar-refractivity contribution in [2.75, 3.05) is 11.9 Å². The molecule has 1 saturated heterocycles. The summed E-state index contributed by atoms with van der Waals surface area (Å²) in [4.78, 5) is 50.6. The van der Waals surface area contributed by atoms with Gasteiger partial charge in [0.1, 0.15) is 12.1 Å². The highest BCUT2D eigenvalue weighted by Crippen LogP contribution is 2.32. The number of imide groups is 1. The summed E-state index contributed by atoms with van der Waals surface area (Å²) < 4.78 is 0. The molecule has 2 N–H and O–H groups in total. The van der Waals surface area contributed by atoms with Crippen molar-refractivity contribution in [1.82, 2.24) is 10.2 Å². The zero-order valence-corrected chi connectivity index (χ0v) is 15.7. The van der Waals surface area contributed by atoms with Gasteiger partial charge in [-0.15, -0.1) is 0 Å². The first-order chi connectivity index (χ1) is 13.4. The van der Waals surface area contributed by atoms with Crippen molar-refractivity contribution in [1.29, 1.82) is 0 Å². The number of nitrogens with zero attached hydrogens (tertiary/aromatic N) is 1. The fourth-order valence-electron chi connectivity index (χ4n) is 3.36. The fourth-order valence-corrected chi connectivity index (χ4v) is 3.36. The highest BCUT2D eigenvalue weighted by Gasteiger charge is 2.51. The molecule has 28 heavy (non-hydrogen) atoms. The minimum atomic E-state index is -1.18. The molecule has 2 aromatic carbocycles. The first-order valence-corrected chi connectivity index (χ1v) is 8.98. The van der Waals surface area contributed by atoms with Crippen LogP contribution in [0, 0.1) is 0 Å². The third-order valence-corrected chi connectivity index (χ3v) is 4.85. The van der Waals surface area contributed by atoms with Crippen LogP contribution < -0.4 is 10.6 Å². The highest BCUT2D eigenvalue weighted by atomic mass is 16.2. The van der Waals surface area contributed by atoms with E-state index in [0.717, 1.165) is 4.90 Å². The van der Waals surface area contributed by atoms with E-state index in [2.05, 4.69) is 10.6 Å². The van der Waals surface area contributed by atoms with E-state index in [1.807, 2.05) is 6.07 Å². The van der Waals surface area contributed by atoms with Gasteiger partial charge in [0.05, 0.1) is 5.69 Å². The molecule has 1 heterocycles. The number of carbonyl (C=O) groups excluding carboxylic acids is 4. The van der Waals surface area contributed by atoms with E-state index in [1.165, 1.54) is 6.92 Å². The molecule has 3 rings (SSSR count). The second-order valence-corrected chi connectivity index (χ2v) is 6.60. The van der Waals surface area contributed by atoms with Gasteiger partial charge in [-0.25, -0.2) is 4.79 Å². The van der Waals surface area contributed by atoms with Crippen molar-refractivity contribution in [3.05, 3.63) is 65.7 Å². The van der Waals surface area contributed by atoms with Crippen LogP contribution in [0.4, 0.5) is 10.5 Å². The molecule has 1 aliphatic heterocycles. The zero-order valence-electron chi connectivity index (χ0n) is 15.7. The van der Waals surface area contributed by atoms with Crippen LogP contribution in [-0.2, 0) is 15.1 Å². The van der Waals surface area contributed by atoms with Crippen molar-refractivity contribution in [3.8, 4) is 0 Å². The number of anilines is 1. The smallest absolute Gasteiger partial charge is 0.324 e. The molecule has 1 atom stereocenters. The number of hydrogen-bond acceptors (Lipinski definition) is 4. The molecule has 144 valence electrons. The lowest BCUT2D eigenvalue weighted by Gasteiger charge is -2.25. The van der Waals surface area contributed by atoms with Gasteiger partial charge in [-0.3, -0.25) is 19.3 Å². The average molecular weight is 379 g/mol. The summed E-state index contributed by atoms with van der Waals surface area (Å²) >= 11 is 0. The van der Waals surface area contributed by atoms with Gasteiger partial charge in [-0.2, -0.15) is 0 Å². The molecule has 0 unspecified atom stereocenters. The van der Waals surface area contributed by atoms with Crippen LogP contribution in [0.3, 0.4) is 0 Å². The van der Waals surface area contributed by atoms with Gasteiger partial charge >= 0.3 is 6.03 Å². The molecule has 1 aliphatic rings. The molecule has 7 heteroatoms. The Morgan fingerprint density at radius 2 is 1.68 bits per heavy atom. The van der Waals surface area contributed by atoms with E-state index in [0.29, 0.717) is 23.2 Å². The molecule has 0 spiro atoms. The van der Waals surface area contributed by atoms with Crippen LogP contribution in [0.2, 0.25) is 0 Å². The van der Waals surface area contributed by atoms with Crippen molar-refractivity contribution >= 4 is 29.3 Å². The van der Waals surface area contributed by atoms with Crippen LogP contribution in [0.15, 0.2) is 54.6 Å². The van der Waals surface area contributed by atoms with E-state index < -0.39 is 29.9 Å². The lowest BCUT2D eigenvalue weighted by atomic mass is 9.87. The number of rotatable bonds is 6. The molecule has 0 saturated carbocycles. The van der Waals surface area contributed by atoms with Gasteiger partial charge < -0.3 is 10.6 Å². The molecule has 4 amide bonds. The Kier molecular flexibility index (Phi) is 5.26. The minimum absolute atomic E-state index is 0.194. The van der Waals surface area contributed by atoms with Gasteiger partial charge in [-0.05, 0) is 31.0 Å². The van der Waals surface area contributed by atoms with Crippen molar-refractivity contribution in [3.63, 3.8) is 0 Å². The maximum atomic E-state index is 13.0. The molecular formula is C21H21N3O4. The molecule has 0 bridgehead atoms. The Bertz CT molecular complexity index is 942. The van der Waals surface area contributed by atoms with Crippen LogP contribution in [0.1, 0.15) is 36.2 Å². The molecule has 7 nitrogen and oxygen atoms in total. The summed E-state index contributed by atoms with van der Waals surface area (Å²) in [5, 5.41) is 5.35. The lowest BCUT2D eigenvalue weighted by Crippen LogP contribution is -2.44. The number of urea groups is 1. The lowest BCUT2D eigenvalue weighted by molar-refractivity contribution is -0.134. The second kappa shape index (κ2) is 7.64. The molecule has 1 fully saturated rings. The van der Waals surface area contributed by atoms with Crippen molar-refractivity contribution < 1.29 is 19.2 Å². The number of amides is 4. The third kappa shape index (κ3) is 3.38. The average Bonchev–Trinajstić information content (AvgIpc) is 2.94.